The van der Waals surface area contributed by atoms with Gasteiger partial charge < -0.3 is 4.90 Å². The molecular formula is C16H15BrCl2N2O3S2. The largest absolute Gasteiger partial charge is 0.340 e. The molecule has 0 spiro atoms. The molecule has 2 aromatic rings. The molecule has 1 aliphatic rings. The van der Waals surface area contributed by atoms with E-state index in [1.807, 2.05) is 0 Å². The molecule has 0 saturated carbocycles. The summed E-state index contributed by atoms with van der Waals surface area (Å²) in [6.45, 7) is 1.27. The molecule has 140 valence electrons. The van der Waals surface area contributed by atoms with Crippen molar-refractivity contribution in [2.75, 3.05) is 26.2 Å². The minimum absolute atomic E-state index is 0.0786. The van der Waals surface area contributed by atoms with Gasteiger partial charge >= 0.3 is 0 Å². The van der Waals surface area contributed by atoms with Crippen molar-refractivity contribution in [3.63, 3.8) is 0 Å². The van der Waals surface area contributed by atoms with Crippen LogP contribution in [0, 0.1) is 0 Å². The second-order valence-corrected chi connectivity index (χ2v) is 11.2. The number of amides is 1. The molecule has 5 nitrogen and oxygen atoms in total. The van der Waals surface area contributed by atoms with Gasteiger partial charge in [-0.25, -0.2) is 8.42 Å². The van der Waals surface area contributed by atoms with Crippen molar-refractivity contribution < 1.29 is 13.2 Å². The predicted octanol–water partition coefficient (Wildman–Crippen LogP) is 3.89. The Bertz CT molecular complexity index is 925. The molecule has 0 radical (unpaired) electrons. The normalized spacial score (nSPS) is 16.0. The standard InChI is InChI=1S/C16H15BrCl2N2O3S2/c17-14-3-4-16(25-14)26(23,24)21-7-5-20(6-8-21)15(22)9-11-1-2-12(18)10-13(11)19/h1-4,10H,5-9H2. The fourth-order valence-electron chi connectivity index (χ4n) is 2.68. The summed E-state index contributed by atoms with van der Waals surface area (Å²) in [6.07, 6.45) is 0.167. The molecule has 10 heteroatoms. The van der Waals surface area contributed by atoms with Gasteiger partial charge in [0.15, 0.2) is 0 Å². The number of nitrogens with zero attached hydrogens (tertiary/aromatic N) is 2. The first-order valence-corrected chi connectivity index (χ1v) is 11.5. The number of hydrogen-bond acceptors (Lipinski definition) is 4. The molecule has 2 heterocycles. The Kier molecular flexibility index (Phi) is 6.31. The molecule has 1 fully saturated rings. The third-order valence-electron chi connectivity index (χ3n) is 4.09. The van der Waals surface area contributed by atoms with Crippen LogP contribution in [0.2, 0.25) is 10.0 Å². The quantitative estimate of drug-likeness (QED) is 0.643. The molecule has 1 amide bonds. The average molecular weight is 498 g/mol. The van der Waals surface area contributed by atoms with E-state index >= 15 is 0 Å². The van der Waals surface area contributed by atoms with Crippen LogP contribution in [0.3, 0.4) is 0 Å². The fourth-order valence-corrected chi connectivity index (χ4v) is 6.74. The summed E-state index contributed by atoms with van der Waals surface area (Å²) in [7, 11) is -3.51. The molecule has 1 aromatic carbocycles. The maximum Gasteiger partial charge on any atom is 0.252 e. The molecular weight excluding hydrogens is 483 g/mol. The second-order valence-electron chi connectivity index (χ2n) is 5.76. The predicted molar refractivity (Wildman–Crippen MR) is 108 cm³/mol. The molecule has 1 aromatic heterocycles. The smallest absolute Gasteiger partial charge is 0.252 e. The maximum atomic E-state index is 12.6. The molecule has 0 bridgehead atoms. The lowest BCUT2D eigenvalue weighted by molar-refractivity contribution is -0.131. The number of sulfonamides is 1. The van der Waals surface area contributed by atoms with Crippen molar-refractivity contribution in [2.45, 2.75) is 10.6 Å². The Hall–Kier alpha value is -0.640. The van der Waals surface area contributed by atoms with E-state index in [1.54, 1.807) is 35.2 Å². The summed E-state index contributed by atoms with van der Waals surface area (Å²) >= 11 is 16.5. The second kappa shape index (κ2) is 8.16. The van der Waals surface area contributed by atoms with Gasteiger partial charge in [0.2, 0.25) is 5.91 Å². The van der Waals surface area contributed by atoms with E-state index in [2.05, 4.69) is 15.9 Å². The highest BCUT2D eigenvalue weighted by Crippen LogP contribution is 2.29. The van der Waals surface area contributed by atoms with E-state index in [1.165, 1.54) is 15.6 Å². The topological polar surface area (TPSA) is 57.7 Å². The van der Waals surface area contributed by atoms with Gasteiger partial charge in [0.05, 0.1) is 10.2 Å². The minimum atomic E-state index is -3.51. The van der Waals surface area contributed by atoms with Gasteiger partial charge in [0.25, 0.3) is 10.0 Å². The van der Waals surface area contributed by atoms with E-state index in [-0.39, 0.29) is 25.4 Å². The monoisotopic (exact) mass is 496 g/mol. The summed E-state index contributed by atoms with van der Waals surface area (Å²) in [6, 6.07) is 8.34. The van der Waals surface area contributed by atoms with Crippen LogP contribution in [-0.4, -0.2) is 49.7 Å². The van der Waals surface area contributed by atoms with Crippen molar-refractivity contribution in [1.29, 1.82) is 0 Å². The van der Waals surface area contributed by atoms with Crippen LogP contribution in [0.1, 0.15) is 5.56 Å². The van der Waals surface area contributed by atoms with Crippen molar-refractivity contribution in [3.8, 4) is 0 Å². The molecule has 26 heavy (non-hydrogen) atoms. The van der Waals surface area contributed by atoms with Gasteiger partial charge in [0.1, 0.15) is 4.21 Å². The summed E-state index contributed by atoms with van der Waals surface area (Å²) in [5.74, 6) is -0.0786. The van der Waals surface area contributed by atoms with E-state index in [0.717, 1.165) is 3.79 Å². The van der Waals surface area contributed by atoms with Crippen LogP contribution in [0.15, 0.2) is 38.3 Å². The summed E-state index contributed by atoms with van der Waals surface area (Å²) in [5.41, 5.74) is 0.708. The van der Waals surface area contributed by atoms with Crippen LogP contribution < -0.4 is 0 Å². The Labute approximate surface area is 174 Å². The minimum Gasteiger partial charge on any atom is -0.340 e. The number of benzene rings is 1. The van der Waals surface area contributed by atoms with Crippen LogP contribution in [0.25, 0.3) is 0 Å². The van der Waals surface area contributed by atoms with Crippen LogP contribution in [-0.2, 0) is 21.2 Å². The van der Waals surface area contributed by atoms with Crippen LogP contribution >= 0.6 is 50.5 Å². The van der Waals surface area contributed by atoms with E-state index in [4.69, 9.17) is 23.2 Å². The van der Waals surface area contributed by atoms with Crippen LogP contribution in [0.5, 0.6) is 0 Å². The summed E-state index contributed by atoms with van der Waals surface area (Å²) < 4.78 is 27.7. The molecule has 3 rings (SSSR count). The first-order valence-electron chi connectivity index (χ1n) is 7.74. The molecule has 1 saturated heterocycles. The average Bonchev–Trinajstić information content (AvgIpc) is 3.05. The van der Waals surface area contributed by atoms with Crippen molar-refractivity contribution in [2.24, 2.45) is 0 Å². The molecule has 0 aliphatic carbocycles. The zero-order chi connectivity index (χ0) is 18.9. The van der Waals surface area contributed by atoms with Crippen molar-refractivity contribution in [3.05, 3.63) is 49.7 Å². The number of halogens is 3. The molecule has 0 atom stereocenters. The SMILES string of the molecule is O=C(Cc1ccc(Cl)cc1Cl)N1CCN(S(=O)(=O)c2ccc(Br)s2)CC1. The van der Waals surface area contributed by atoms with Gasteiger partial charge in [-0.3, -0.25) is 4.79 Å². The highest BCUT2D eigenvalue weighted by Gasteiger charge is 2.31. The fraction of sp³-hybridized carbons (Fsp3) is 0.312. The maximum absolute atomic E-state index is 12.6. The van der Waals surface area contributed by atoms with E-state index in [9.17, 15) is 13.2 Å². The summed E-state index contributed by atoms with van der Waals surface area (Å²) in [4.78, 5) is 14.2. The number of rotatable bonds is 4. The third kappa shape index (κ3) is 4.43. The number of piperazine rings is 1. The van der Waals surface area contributed by atoms with E-state index < -0.39 is 10.0 Å². The molecule has 0 unspecified atom stereocenters. The first-order chi connectivity index (χ1) is 12.3. The zero-order valence-electron chi connectivity index (χ0n) is 13.5. The lowest BCUT2D eigenvalue weighted by atomic mass is 10.1. The Balaban J connectivity index is 1.62. The van der Waals surface area contributed by atoms with Crippen LogP contribution in [0.4, 0.5) is 0 Å². The van der Waals surface area contributed by atoms with Gasteiger partial charge in [-0.15, -0.1) is 11.3 Å². The number of carbonyl (C=O) groups is 1. The lowest BCUT2D eigenvalue weighted by Crippen LogP contribution is -2.50. The van der Waals surface area contributed by atoms with Gasteiger partial charge in [0, 0.05) is 36.2 Å². The van der Waals surface area contributed by atoms with Gasteiger partial charge in [-0.1, -0.05) is 29.3 Å². The first kappa shape index (κ1) is 20.1. The number of carbonyl (C=O) groups excluding carboxylic acids is 1. The Morgan fingerprint density at radius 2 is 1.81 bits per heavy atom. The lowest BCUT2D eigenvalue weighted by Gasteiger charge is -2.33. The Morgan fingerprint density at radius 3 is 2.38 bits per heavy atom. The number of thiophene rings is 1. The summed E-state index contributed by atoms with van der Waals surface area (Å²) in [5, 5.41) is 0.973. The van der Waals surface area contributed by atoms with Crippen molar-refractivity contribution >= 4 is 66.4 Å². The van der Waals surface area contributed by atoms with Gasteiger partial charge in [-0.05, 0) is 45.8 Å². The highest BCUT2D eigenvalue weighted by atomic mass is 79.9. The number of hydrogen-bond donors (Lipinski definition) is 0. The molecule has 0 N–H and O–H groups in total. The third-order valence-corrected chi connectivity index (χ3v) is 8.67. The Morgan fingerprint density at radius 1 is 1.12 bits per heavy atom. The van der Waals surface area contributed by atoms with Gasteiger partial charge in [-0.2, -0.15) is 4.31 Å². The van der Waals surface area contributed by atoms with Crippen molar-refractivity contribution in [1.82, 2.24) is 9.21 Å². The highest BCUT2D eigenvalue weighted by molar-refractivity contribution is 9.11. The van der Waals surface area contributed by atoms with E-state index in [0.29, 0.717) is 32.9 Å². The molecule has 1 aliphatic heterocycles. The zero-order valence-corrected chi connectivity index (χ0v) is 18.2.